The van der Waals surface area contributed by atoms with Crippen molar-refractivity contribution in [2.45, 2.75) is 46.8 Å². The molecule has 0 saturated heterocycles. The molecule has 180 valence electrons. The van der Waals surface area contributed by atoms with E-state index in [1.54, 1.807) is 0 Å². The van der Waals surface area contributed by atoms with Crippen LogP contribution >= 0.6 is 0 Å². The Bertz CT molecular complexity index is 943. The lowest BCUT2D eigenvalue weighted by Crippen LogP contribution is -2.38. The summed E-state index contributed by atoms with van der Waals surface area (Å²) in [5, 5.41) is 0. The highest BCUT2D eigenvalue weighted by Crippen LogP contribution is 2.36. The Morgan fingerprint density at radius 2 is 1.15 bits per heavy atom. The third kappa shape index (κ3) is 8.06. The Labute approximate surface area is 200 Å². The molecule has 0 bridgehead atoms. The SMILES string of the molecule is C=C(C)C(=O)OCCC(F)(F)C(C)(F)F.c1ccc([S+](c2ccccc2)c2ccccc2)cc1. The van der Waals surface area contributed by atoms with Crippen molar-refractivity contribution in [2.24, 2.45) is 0 Å². The van der Waals surface area contributed by atoms with Crippen molar-refractivity contribution in [1.29, 1.82) is 0 Å². The summed E-state index contributed by atoms with van der Waals surface area (Å²) < 4.78 is 54.1. The lowest BCUT2D eigenvalue weighted by Gasteiger charge is -2.22. The highest BCUT2D eigenvalue weighted by molar-refractivity contribution is 7.97. The molecule has 0 unspecified atom stereocenters. The minimum atomic E-state index is -4.18. The molecule has 0 saturated carbocycles. The van der Waals surface area contributed by atoms with E-state index in [0.29, 0.717) is 0 Å². The van der Waals surface area contributed by atoms with Crippen LogP contribution in [0, 0.1) is 0 Å². The number of hydrogen-bond acceptors (Lipinski definition) is 2. The number of halogens is 4. The third-order valence-electron chi connectivity index (χ3n) is 4.58. The van der Waals surface area contributed by atoms with Crippen LogP contribution in [-0.2, 0) is 20.4 Å². The number of hydrogen-bond donors (Lipinski definition) is 0. The van der Waals surface area contributed by atoms with Crippen LogP contribution in [0.15, 0.2) is 118 Å². The molecule has 7 heteroatoms. The van der Waals surface area contributed by atoms with Crippen LogP contribution in [0.4, 0.5) is 17.6 Å². The van der Waals surface area contributed by atoms with E-state index in [1.807, 2.05) is 0 Å². The van der Waals surface area contributed by atoms with E-state index < -0.39 is 30.8 Å². The summed E-state index contributed by atoms with van der Waals surface area (Å²) in [5.74, 6) is -9.17. The van der Waals surface area contributed by atoms with Gasteiger partial charge in [-0.2, -0.15) is 8.78 Å². The molecule has 3 aromatic carbocycles. The molecule has 0 heterocycles. The maximum Gasteiger partial charge on any atom is 0.333 e. The summed E-state index contributed by atoms with van der Waals surface area (Å²) in [7, 11) is -0.0146. The third-order valence-corrected chi connectivity index (χ3v) is 6.81. The lowest BCUT2D eigenvalue weighted by atomic mass is 10.1. The van der Waals surface area contributed by atoms with Gasteiger partial charge in [0.15, 0.2) is 14.7 Å². The van der Waals surface area contributed by atoms with Crippen LogP contribution < -0.4 is 0 Å². The fourth-order valence-electron chi connectivity index (χ4n) is 2.69. The van der Waals surface area contributed by atoms with Gasteiger partial charge in [-0.3, -0.25) is 0 Å². The topological polar surface area (TPSA) is 26.3 Å². The van der Waals surface area contributed by atoms with E-state index >= 15 is 0 Å². The van der Waals surface area contributed by atoms with Crippen molar-refractivity contribution in [2.75, 3.05) is 6.61 Å². The molecule has 0 aliphatic heterocycles. The van der Waals surface area contributed by atoms with Gasteiger partial charge >= 0.3 is 17.8 Å². The van der Waals surface area contributed by atoms with E-state index in [0.717, 1.165) is 0 Å². The Hall–Kier alpha value is -3.06. The number of ether oxygens (including phenoxy) is 1. The summed E-state index contributed by atoms with van der Waals surface area (Å²) in [4.78, 5) is 14.8. The van der Waals surface area contributed by atoms with Crippen molar-refractivity contribution in [1.82, 2.24) is 0 Å². The minimum absolute atomic E-state index is 0.0146. The van der Waals surface area contributed by atoms with E-state index in [2.05, 4.69) is 102 Å². The molecule has 0 amide bonds. The van der Waals surface area contributed by atoms with Gasteiger partial charge < -0.3 is 4.74 Å². The van der Waals surface area contributed by atoms with Gasteiger partial charge in [-0.05, 0) is 43.3 Å². The molecule has 0 N–H and O–H groups in total. The Kier molecular flexibility index (Phi) is 9.93. The molecular weight excluding hydrogens is 464 g/mol. The first-order valence-corrected chi connectivity index (χ1v) is 11.7. The number of carbonyl (C=O) groups is 1. The molecule has 3 rings (SSSR count). The fourth-order valence-corrected chi connectivity index (χ4v) is 4.80. The Balaban J connectivity index is 0.000000249. The predicted molar refractivity (Wildman–Crippen MR) is 127 cm³/mol. The molecule has 34 heavy (non-hydrogen) atoms. The molecule has 0 fully saturated rings. The van der Waals surface area contributed by atoms with Gasteiger partial charge in [0.1, 0.15) is 0 Å². The van der Waals surface area contributed by atoms with Crippen molar-refractivity contribution in [3.05, 3.63) is 103 Å². The average molecular weight is 492 g/mol. The molecule has 0 aliphatic rings. The highest BCUT2D eigenvalue weighted by atomic mass is 32.2. The average Bonchev–Trinajstić information content (AvgIpc) is 2.81. The van der Waals surface area contributed by atoms with Gasteiger partial charge in [-0.25, -0.2) is 13.6 Å². The molecule has 0 aromatic heterocycles. The first-order chi connectivity index (χ1) is 16.0. The number of alkyl halides is 4. The summed E-state index contributed by atoms with van der Waals surface area (Å²) in [6.45, 7) is 3.89. The standard InChI is InChI=1S/C18H15S.C9H12F4O2/c1-4-10-16(11-5-1)19(17-12-6-2-7-13-17)18-14-8-3-9-15-18;1-6(2)7(14)15-5-4-9(12,13)8(3,10)11/h1-15H;1,4-5H2,2-3H3/q+1;. The monoisotopic (exact) mass is 491 g/mol. The number of esters is 1. The van der Waals surface area contributed by atoms with Gasteiger partial charge in [-0.1, -0.05) is 61.2 Å². The van der Waals surface area contributed by atoms with Crippen molar-refractivity contribution < 1.29 is 27.1 Å². The summed E-state index contributed by atoms with van der Waals surface area (Å²) in [6, 6.07) is 32.2. The largest absolute Gasteiger partial charge is 0.462 e. The van der Waals surface area contributed by atoms with Crippen molar-refractivity contribution in [3.63, 3.8) is 0 Å². The predicted octanol–water partition coefficient (Wildman–Crippen LogP) is 7.57. The van der Waals surface area contributed by atoms with Crippen LogP contribution in [0.2, 0.25) is 0 Å². The van der Waals surface area contributed by atoms with Gasteiger partial charge in [0.2, 0.25) is 0 Å². The maximum atomic E-state index is 12.6. The molecule has 0 radical (unpaired) electrons. The summed E-state index contributed by atoms with van der Waals surface area (Å²) in [6.07, 6.45) is -1.21. The molecule has 3 aromatic rings. The summed E-state index contributed by atoms with van der Waals surface area (Å²) in [5.41, 5.74) is 0.0292. The molecular formula is C27H27F4O2S+. The number of benzene rings is 3. The van der Waals surface area contributed by atoms with Crippen LogP contribution in [0.3, 0.4) is 0 Å². The normalized spacial score (nSPS) is 11.4. The zero-order valence-electron chi connectivity index (χ0n) is 19.0. The quantitative estimate of drug-likeness (QED) is 0.141. The molecule has 0 spiro atoms. The van der Waals surface area contributed by atoms with Crippen molar-refractivity contribution >= 4 is 16.9 Å². The number of rotatable bonds is 8. The molecule has 0 atom stereocenters. The van der Waals surface area contributed by atoms with Crippen LogP contribution in [0.25, 0.3) is 0 Å². The maximum absolute atomic E-state index is 12.6. The van der Waals surface area contributed by atoms with Crippen LogP contribution in [-0.4, -0.2) is 24.4 Å². The smallest absolute Gasteiger partial charge is 0.333 e. The Morgan fingerprint density at radius 3 is 1.44 bits per heavy atom. The second-order valence-corrected chi connectivity index (χ2v) is 9.53. The van der Waals surface area contributed by atoms with Gasteiger partial charge in [-0.15, -0.1) is 0 Å². The first kappa shape index (κ1) is 27.2. The molecule has 2 nitrogen and oxygen atoms in total. The van der Waals surface area contributed by atoms with Crippen molar-refractivity contribution in [3.8, 4) is 0 Å². The minimum Gasteiger partial charge on any atom is -0.462 e. The van der Waals surface area contributed by atoms with E-state index in [1.165, 1.54) is 21.6 Å². The zero-order chi connectivity index (χ0) is 25.2. The summed E-state index contributed by atoms with van der Waals surface area (Å²) >= 11 is 0. The van der Waals surface area contributed by atoms with Crippen LogP contribution in [0.1, 0.15) is 20.3 Å². The van der Waals surface area contributed by atoms with E-state index in [4.69, 9.17) is 0 Å². The van der Waals surface area contributed by atoms with Gasteiger partial charge in [0.05, 0.1) is 23.9 Å². The molecule has 0 aliphatic carbocycles. The second-order valence-electron chi connectivity index (χ2n) is 7.50. The van der Waals surface area contributed by atoms with Gasteiger partial charge in [0, 0.05) is 12.5 Å². The number of carbonyl (C=O) groups excluding carboxylic acids is 1. The van der Waals surface area contributed by atoms with Gasteiger partial charge in [0.25, 0.3) is 0 Å². The van der Waals surface area contributed by atoms with E-state index in [9.17, 15) is 22.4 Å². The fraction of sp³-hybridized carbons (Fsp3) is 0.222. The Morgan fingerprint density at radius 1 is 0.794 bits per heavy atom. The second kappa shape index (κ2) is 12.4. The first-order valence-electron chi connectivity index (χ1n) is 10.5. The van der Waals surface area contributed by atoms with Crippen LogP contribution in [0.5, 0.6) is 0 Å². The van der Waals surface area contributed by atoms with E-state index in [-0.39, 0.29) is 23.4 Å². The zero-order valence-corrected chi connectivity index (χ0v) is 19.8. The lowest BCUT2D eigenvalue weighted by molar-refractivity contribution is -0.206. The highest BCUT2D eigenvalue weighted by Gasteiger charge is 2.51.